The molecule has 1 aliphatic rings. The van der Waals surface area contributed by atoms with Crippen LogP contribution in [0.1, 0.15) is 43.7 Å². The zero-order valence-corrected chi connectivity index (χ0v) is 12.8. The van der Waals surface area contributed by atoms with E-state index in [1.54, 1.807) is 12.1 Å². The van der Waals surface area contributed by atoms with Gasteiger partial charge in [0.25, 0.3) is 0 Å². The molecule has 1 fully saturated rings. The molecular formula is C17H27FN2. The smallest absolute Gasteiger partial charge is 0.123 e. The Morgan fingerprint density at radius 3 is 2.90 bits per heavy atom. The first-order chi connectivity index (χ1) is 9.69. The molecule has 1 aromatic carbocycles. The highest BCUT2D eigenvalue weighted by Crippen LogP contribution is 2.15. The first-order valence-corrected chi connectivity index (χ1v) is 7.90. The summed E-state index contributed by atoms with van der Waals surface area (Å²) < 4.78 is 13.2. The molecule has 2 rings (SSSR count). The predicted molar refractivity (Wildman–Crippen MR) is 82.3 cm³/mol. The van der Waals surface area contributed by atoms with Crippen molar-refractivity contribution in [2.24, 2.45) is 0 Å². The van der Waals surface area contributed by atoms with Crippen LogP contribution < -0.4 is 5.32 Å². The summed E-state index contributed by atoms with van der Waals surface area (Å²) in [6, 6.07) is 5.79. The van der Waals surface area contributed by atoms with Crippen molar-refractivity contribution in [3.63, 3.8) is 0 Å². The minimum Gasteiger partial charge on any atom is -0.313 e. The van der Waals surface area contributed by atoms with Crippen molar-refractivity contribution in [1.29, 1.82) is 0 Å². The molecule has 0 saturated carbocycles. The van der Waals surface area contributed by atoms with E-state index in [0.717, 1.165) is 31.7 Å². The Bertz CT molecular complexity index is 413. The molecule has 1 aliphatic heterocycles. The van der Waals surface area contributed by atoms with Crippen LogP contribution in [0.3, 0.4) is 0 Å². The van der Waals surface area contributed by atoms with Gasteiger partial charge in [0.05, 0.1) is 0 Å². The summed E-state index contributed by atoms with van der Waals surface area (Å²) in [5.41, 5.74) is 2.31. The predicted octanol–water partition coefficient (Wildman–Crippen LogP) is 3.49. The third kappa shape index (κ3) is 4.57. The highest BCUT2D eigenvalue weighted by Gasteiger charge is 2.18. The lowest BCUT2D eigenvalue weighted by atomic mass is 10.1. The lowest BCUT2D eigenvalue weighted by Gasteiger charge is -2.26. The van der Waals surface area contributed by atoms with E-state index in [9.17, 15) is 4.39 Å². The van der Waals surface area contributed by atoms with E-state index in [-0.39, 0.29) is 5.82 Å². The summed E-state index contributed by atoms with van der Waals surface area (Å²) >= 11 is 0. The maximum Gasteiger partial charge on any atom is 0.123 e. The van der Waals surface area contributed by atoms with Gasteiger partial charge in [-0.05, 0) is 62.5 Å². The number of hydrogen-bond acceptors (Lipinski definition) is 2. The van der Waals surface area contributed by atoms with Crippen LogP contribution >= 0.6 is 0 Å². The Morgan fingerprint density at radius 1 is 1.40 bits per heavy atom. The summed E-state index contributed by atoms with van der Waals surface area (Å²) in [7, 11) is 0. The number of nitrogens with zero attached hydrogens (tertiary/aromatic N) is 1. The lowest BCUT2D eigenvalue weighted by Crippen LogP contribution is -2.37. The molecule has 3 heteroatoms. The lowest BCUT2D eigenvalue weighted by molar-refractivity contribution is 0.237. The van der Waals surface area contributed by atoms with E-state index < -0.39 is 0 Å². The molecule has 1 heterocycles. The average Bonchev–Trinajstić information content (AvgIpc) is 2.92. The van der Waals surface area contributed by atoms with Gasteiger partial charge in [-0.15, -0.1) is 0 Å². The quantitative estimate of drug-likeness (QED) is 0.821. The topological polar surface area (TPSA) is 15.3 Å². The summed E-state index contributed by atoms with van der Waals surface area (Å²) in [6.07, 6.45) is 5.02. The third-order valence-electron chi connectivity index (χ3n) is 4.17. The number of unbranched alkanes of at least 4 members (excludes halogenated alkanes) is 1. The number of benzene rings is 1. The number of aryl methyl sites for hydroxylation is 1. The molecule has 0 bridgehead atoms. The van der Waals surface area contributed by atoms with Crippen LogP contribution in [-0.2, 0) is 6.54 Å². The minimum absolute atomic E-state index is 0.135. The van der Waals surface area contributed by atoms with E-state index >= 15 is 0 Å². The van der Waals surface area contributed by atoms with Crippen LogP contribution in [0, 0.1) is 12.7 Å². The molecule has 1 aromatic rings. The summed E-state index contributed by atoms with van der Waals surface area (Å²) in [6.45, 7) is 8.56. The maximum absolute atomic E-state index is 13.2. The molecule has 0 aliphatic carbocycles. The average molecular weight is 278 g/mol. The largest absolute Gasteiger partial charge is 0.313 e. The van der Waals surface area contributed by atoms with Gasteiger partial charge in [0.1, 0.15) is 5.82 Å². The van der Waals surface area contributed by atoms with Crippen molar-refractivity contribution in [2.45, 2.75) is 52.1 Å². The molecular weight excluding hydrogens is 251 g/mol. The van der Waals surface area contributed by atoms with Gasteiger partial charge in [-0.1, -0.05) is 19.4 Å². The van der Waals surface area contributed by atoms with E-state index in [0.29, 0.717) is 6.04 Å². The Balaban J connectivity index is 1.97. The van der Waals surface area contributed by atoms with Gasteiger partial charge >= 0.3 is 0 Å². The van der Waals surface area contributed by atoms with Crippen LogP contribution in [0.5, 0.6) is 0 Å². The second-order valence-corrected chi connectivity index (χ2v) is 5.95. The molecule has 1 atom stereocenters. The number of hydrogen-bond donors (Lipinski definition) is 1. The fourth-order valence-electron chi connectivity index (χ4n) is 2.92. The zero-order chi connectivity index (χ0) is 14.4. The van der Waals surface area contributed by atoms with Crippen molar-refractivity contribution < 1.29 is 4.39 Å². The van der Waals surface area contributed by atoms with Crippen molar-refractivity contribution in [1.82, 2.24) is 10.2 Å². The Hall–Kier alpha value is -0.930. The fourth-order valence-corrected chi connectivity index (χ4v) is 2.92. The van der Waals surface area contributed by atoms with Crippen LogP contribution in [-0.4, -0.2) is 30.6 Å². The van der Waals surface area contributed by atoms with Crippen molar-refractivity contribution in [3.05, 3.63) is 35.1 Å². The van der Waals surface area contributed by atoms with Gasteiger partial charge in [-0.3, -0.25) is 4.90 Å². The molecule has 1 N–H and O–H groups in total. The van der Waals surface area contributed by atoms with E-state index in [1.807, 2.05) is 13.0 Å². The Morgan fingerprint density at radius 2 is 2.25 bits per heavy atom. The molecule has 0 aromatic heterocycles. The Kier molecular flexibility index (Phi) is 5.99. The highest BCUT2D eigenvalue weighted by molar-refractivity contribution is 5.26. The molecule has 0 spiro atoms. The van der Waals surface area contributed by atoms with E-state index in [4.69, 9.17) is 0 Å². The highest BCUT2D eigenvalue weighted by atomic mass is 19.1. The first-order valence-electron chi connectivity index (χ1n) is 7.90. The summed E-state index contributed by atoms with van der Waals surface area (Å²) in [5, 5.41) is 3.57. The molecule has 1 saturated heterocycles. The standard InChI is InChI=1S/C17H27FN2/c1-3-4-10-20(13-17-6-5-9-19-17)12-15-7-8-16(18)11-14(15)2/h7-8,11,17,19H,3-6,9-10,12-13H2,1-2H3. The van der Waals surface area contributed by atoms with Crippen LogP contribution in [0.2, 0.25) is 0 Å². The molecule has 2 nitrogen and oxygen atoms in total. The van der Waals surface area contributed by atoms with Crippen LogP contribution in [0.25, 0.3) is 0 Å². The molecule has 1 unspecified atom stereocenters. The van der Waals surface area contributed by atoms with E-state index in [2.05, 4.69) is 17.1 Å². The van der Waals surface area contributed by atoms with E-state index in [1.165, 1.54) is 31.2 Å². The van der Waals surface area contributed by atoms with Crippen molar-refractivity contribution in [3.8, 4) is 0 Å². The monoisotopic (exact) mass is 278 g/mol. The summed E-state index contributed by atoms with van der Waals surface area (Å²) in [5.74, 6) is -0.135. The fraction of sp³-hybridized carbons (Fsp3) is 0.647. The maximum atomic E-state index is 13.2. The molecule has 112 valence electrons. The SMILES string of the molecule is CCCCN(Cc1ccc(F)cc1C)CC1CCCN1. The number of rotatable bonds is 7. The Labute approximate surface area is 122 Å². The van der Waals surface area contributed by atoms with Gasteiger partial charge in [0.15, 0.2) is 0 Å². The van der Waals surface area contributed by atoms with Crippen molar-refractivity contribution in [2.75, 3.05) is 19.6 Å². The molecule has 0 radical (unpaired) electrons. The van der Waals surface area contributed by atoms with Crippen LogP contribution in [0.4, 0.5) is 4.39 Å². The summed E-state index contributed by atoms with van der Waals surface area (Å²) in [4.78, 5) is 2.52. The zero-order valence-electron chi connectivity index (χ0n) is 12.8. The normalized spacial score (nSPS) is 18.9. The molecule has 20 heavy (non-hydrogen) atoms. The van der Waals surface area contributed by atoms with Gasteiger partial charge in [-0.25, -0.2) is 4.39 Å². The number of nitrogens with one attached hydrogen (secondary N) is 1. The van der Waals surface area contributed by atoms with Gasteiger partial charge < -0.3 is 5.32 Å². The minimum atomic E-state index is -0.135. The third-order valence-corrected chi connectivity index (χ3v) is 4.17. The molecule has 0 amide bonds. The van der Waals surface area contributed by atoms with Gasteiger partial charge in [0.2, 0.25) is 0 Å². The number of halogens is 1. The van der Waals surface area contributed by atoms with Crippen LogP contribution in [0.15, 0.2) is 18.2 Å². The van der Waals surface area contributed by atoms with Gasteiger partial charge in [-0.2, -0.15) is 0 Å². The van der Waals surface area contributed by atoms with Gasteiger partial charge in [0, 0.05) is 19.1 Å². The van der Waals surface area contributed by atoms with Crippen molar-refractivity contribution >= 4 is 0 Å². The first kappa shape index (κ1) is 15.5. The second kappa shape index (κ2) is 7.75. The second-order valence-electron chi connectivity index (χ2n) is 5.95.